The van der Waals surface area contributed by atoms with Gasteiger partial charge in [0.25, 0.3) is 0 Å². The van der Waals surface area contributed by atoms with Gasteiger partial charge in [0.15, 0.2) is 0 Å². The Hall–Kier alpha value is -0.970. The molecule has 0 aromatic carbocycles. The number of anilines is 2. The topological polar surface area (TPSA) is 41.1 Å². The molecule has 0 radical (unpaired) electrons. The monoisotopic (exact) mass is 292 g/mol. The van der Waals surface area contributed by atoms with E-state index in [0.717, 1.165) is 31.3 Å². The quantitative estimate of drug-likeness (QED) is 0.924. The number of hydrogen-bond acceptors (Lipinski definition) is 5. The second-order valence-corrected chi connectivity index (χ2v) is 6.86. The number of nitrogens with zero attached hydrogens (tertiary/aromatic N) is 3. The molecule has 1 aliphatic carbocycles. The van der Waals surface area contributed by atoms with Crippen molar-refractivity contribution in [3.05, 3.63) is 11.4 Å². The number of rotatable bonds is 4. The van der Waals surface area contributed by atoms with Gasteiger partial charge in [0.05, 0.1) is 0 Å². The summed E-state index contributed by atoms with van der Waals surface area (Å²) in [7, 11) is 0. The van der Waals surface area contributed by atoms with Crippen LogP contribution in [0.4, 0.5) is 11.6 Å². The average Bonchev–Trinajstić information content (AvgIpc) is 3.28. The third-order valence-corrected chi connectivity index (χ3v) is 4.99. The Bertz CT molecular complexity index is 465. The molecule has 2 aliphatic rings. The van der Waals surface area contributed by atoms with E-state index in [1.165, 1.54) is 42.1 Å². The summed E-state index contributed by atoms with van der Waals surface area (Å²) in [4.78, 5) is 12.1. The van der Waals surface area contributed by atoms with Crippen LogP contribution in [-0.4, -0.2) is 41.1 Å². The normalized spacial score (nSPS) is 19.8. The van der Waals surface area contributed by atoms with E-state index in [0.29, 0.717) is 5.92 Å². The zero-order valence-electron chi connectivity index (χ0n) is 12.5. The minimum absolute atomic E-state index is 0.605. The van der Waals surface area contributed by atoms with Crippen LogP contribution >= 0.6 is 11.8 Å². The van der Waals surface area contributed by atoms with E-state index in [1.807, 2.05) is 0 Å². The standard InChI is InChI=1S/C15H24N4S/c1-3-16-13-11(2)15(18-14(17-13)12-5-6-12)19-7-4-9-20-10-8-19/h12H,3-10H2,1-2H3,(H,16,17,18). The van der Waals surface area contributed by atoms with Crippen molar-refractivity contribution < 1.29 is 0 Å². The lowest BCUT2D eigenvalue weighted by Gasteiger charge is -2.24. The molecular weight excluding hydrogens is 268 g/mol. The molecule has 20 heavy (non-hydrogen) atoms. The first-order valence-electron chi connectivity index (χ1n) is 7.74. The largest absolute Gasteiger partial charge is 0.370 e. The van der Waals surface area contributed by atoms with Gasteiger partial charge < -0.3 is 10.2 Å². The van der Waals surface area contributed by atoms with Crippen LogP contribution in [-0.2, 0) is 0 Å². The van der Waals surface area contributed by atoms with E-state index in [4.69, 9.17) is 9.97 Å². The summed E-state index contributed by atoms with van der Waals surface area (Å²) in [6.07, 6.45) is 3.76. The minimum atomic E-state index is 0.605. The number of aromatic nitrogens is 2. The highest BCUT2D eigenvalue weighted by Crippen LogP contribution is 2.40. The predicted molar refractivity (Wildman–Crippen MR) is 87.1 cm³/mol. The van der Waals surface area contributed by atoms with Gasteiger partial charge in [-0.3, -0.25) is 0 Å². The van der Waals surface area contributed by atoms with E-state index in [9.17, 15) is 0 Å². The van der Waals surface area contributed by atoms with Crippen molar-refractivity contribution in [1.29, 1.82) is 0 Å². The van der Waals surface area contributed by atoms with E-state index < -0.39 is 0 Å². The van der Waals surface area contributed by atoms with E-state index in [-0.39, 0.29) is 0 Å². The third kappa shape index (κ3) is 3.03. The molecule has 110 valence electrons. The van der Waals surface area contributed by atoms with Crippen molar-refractivity contribution in [1.82, 2.24) is 9.97 Å². The second kappa shape index (κ2) is 6.20. The Labute approximate surface area is 125 Å². The van der Waals surface area contributed by atoms with Gasteiger partial charge in [-0.05, 0) is 38.9 Å². The fraction of sp³-hybridized carbons (Fsp3) is 0.733. The van der Waals surface area contributed by atoms with Crippen LogP contribution in [0, 0.1) is 6.92 Å². The van der Waals surface area contributed by atoms with Crippen LogP contribution in [0.15, 0.2) is 0 Å². The molecule has 0 unspecified atom stereocenters. The Kier molecular flexibility index (Phi) is 4.34. The summed E-state index contributed by atoms with van der Waals surface area (Å²) in [5, 5.41) is 3.41. The molecule has 1 saturated heterocycles. The summed E-state index contributed by atoms with van der Waals surface area (Å²) in [6, 6.07) is 0. The van der Waals surface area contributed by atoms with Crippen LogP contribution in [0.5, 0.6) is 0 Å². The Morgan fingerprint density at radius 3 is 2.85 bits per heavy atom. The molecule has 1 saturated carbocycles. The number of thioether (sulfide) groups is 1. The van der Waals surface area contributed by atoms with E-state index in [2.05, 4.69) is 35.8 Å². The lowest BCUT2D eigenvalue weighted by molar-refractivity contribution is 0.781. The SMILES string of the molecule is CCNc1nc(C2CC2)nc(N2CCCSCC2)c1C. The maximum atomic E-state index is 4.91. The average molecular weight is 292 g/mol. The van der Waals surface area contributed by atoms with Crippen LogP contribution < -0.4 is 10.2 Å². The molecule has 0 bridgehead atoms. The fourth-order valence-corrected chi connectivity index (χ4v) is 3.54. The first-order chi connectivity index (χ1) is 9.79. The minimum Gasteiger partial charge on any atom is -0.370 e. The first kappa shape index (κ1) is 14.0. The van der Waals surface area contributed by atoms with Crippen molar-refractivity contribution in [3.8, 4) is 0 Å². The van der Waals surface area contributed by atoms with Gasteiger partial charge in [-0.15, -0.1) is 0 Å². The molecule has 1 N–H and O–H groups in total. The van der Waals surface area contributed by atoms with Gasteiger partial charge in [0.2, 0.25) is 0 Å². The third-order valence-electron chi connectivity index (χ3n) is 3.95. The number of nitrogens with one attached hydrogen (secondary N) is 1. The Morgan fingerprint density at radius 2 is 2.10 bits per heavy atom. The molecular formula is C15H24N4S. The molecule has 3 rings (SSSR count). The van der Waals surface area contributed by atoms with Crippen molar-refractivity contribution in [2.24, 2.45) is 0 Å². The molecule has 2 fully saturated rings. The zero-order chi connectivity index (χ0) is 13.9. The van der Waals surface area contributed by atoms with Gasteiger partial charge >= 0.3 is 0 Å². The lowest BCUT2D eigenvalue weighted by atomic mass is 10.2. The summed E-state index contributed by atoms with van der Waals surface area (Å²) < 4.78 is 0. The molecule has 1 aromatic rings. The molecule has 0 spiro atoms. The maximum absolute atomic E-state index is 4.91. The number of hydrogen-bond donors (Lipinski definition) is 1. The van der Waals surface area contributed by atoms with Crippen molar-refractivity contribution in [3.63, 3.8) is 0 Å². The highest BCUT2D eigenvalue weighted by Gasteiger charge is 2.29. The van der Waals surface area contributed by atoms with Gasteiger partial charge in [0.1, 0.15) is 17.5 Å². The van der Waals surface area contributed by atoms with Gasteiger partial charge in [0, 0.05) is 36.9 Å². The van der Waals surface area contributed by atoms with E-state index in [1.54, 1.807) is 0 Å². The molecule has 5 heteroatoms. The summed E-state index contributed by atoms with van der Waals surface area (Å²) in [5.41, 5.74) is 1.21. The Morgan fingerprint density at radius 1 is 1.25 bits per heavy atom. The highest BCUT2D eigenvalue weighted by atomic mass is 32.2. The molecule has 4 nitrogen and oxygen atoms in total. The van der Waals surface area contributed by atoms with Crippen molar-refractivity contribution >= 4 is 23.4 Å². The van der Waals surface area contributed by atoms with Crippen molar-refractivity contribution in [2.45, 2.75) is 39.0 Å². The predicted octanol–water partition coefficient (Wildman–Crippen LogP) is 3.04. The van der Waals surface area contributed by atoms with Crippen molar-refractivity contribution in [2.75, 3.05) is 41.4 Å². The van der Waals surface area contributed by atoms with Crippen LogP contribution in [0.2, 0.25) is 0 Å². The van der Waals surface area contributed by atoms with Crippen LogP contribution in [0.25, 0.3) is 0 Å². The highest BCUT2D eigenvalue weighted by molar-refractivity contribution is 7.99. The van der Waals surface area contributed by atoms with Gasteiger partial charge in [-0.25, -0.2) is 9.97 Å². The summed E-state index contributed by atoms with van der Waals surface area (Å²) >= 11 is 2.06. The van der Waals surface area contributed by atoms with Gasteiger partial charge in [-0.2, -0.15) is 11.8 Å². The lowest BCUT2D eigenvalue weighted by Crippen LogP contribution is -2.28. The second-order valence-electron chi connectivity index (χ2n) is 5.64. The molecule has 1 aliphatic heterocycles. The fourth-order valence-electron chi connectivity index (χ4n) is 2.65. The molecule has 2 heterocycles. The Balaban J connectivity index is 1.93. The first-order valence-corrected chi connectivity index (χ1v) is 8.90. The molecule has 0 atom stereocenters. The molecule has 1 aromatic heterocycles. The van der Waals surface area contributed by atoms with Crippen LogP contribution in [0.3, 0.4) is 0 Å². The van der Waals surface area contributed by atoms with Gasteiger partial charge in [-0.1, -0.05) is 0 Å². The maximum Gasteiger partial charge on any atom is 0.137 e. The smallest absolute Gasteiger partial charge is 0.137 e. The summed E-state index contributed by atoms with van der Waals surface area (Å²) in [5.74, 6) is 6.35. The zero-order valence-corrected chi connectivity index (χ0v) is 13.3. The summed E-state index contributed by atoms with van der Waals surface area (Å²) in [6.45, 7) is 7.43. The molecule has 0 amide bonds. The van der Waals surface area contributed by atoms with E-state index >= 15 is 0 Å². The van der Waals surface area contributed by atoms with Crippen LogP contribution in [0.1, 0.15) is 43.5 Å².